The Morgan fingerprint density at radius 1 is 0.939 bits per heavy atom. The van der Waals surface area contributed by atoms with Crippen LogP contribution in [0.2, 0.25) is 0 Å². The highest BCUT2D eigenvalue weighted by Gasteiger charge is 2.14. The summed E-state index contributed by atoms with van der Waals surface area (Å²) in [6.07, 6.45) is 1.48. The van der Waals surface area contributed by atoms with Crippen molar-refractivity contribution in [3.8, 4) is 11.5 Å². The van der Waals surface area contributed by atoms with Gasteiger partial charge in [0.2, 0.25) is 0 Å². The number of rotatable bonds is 5. The number of benzene rings is 3. The maximum atomic E-state index is 13.9. The number of hydrogen-bond donors (Lipinski definition) is 2. The minimum Gasteiger partial charge on any atom is -0.463 e. The number of aliphatic imine (C=N–C) groups is 1. The van der Waals surface area contributed by atoms with Gasteiger partial charge in [0.25, 0.3) is 6.02 Å². The molecule has 1 aromatic heterocycles. The maximum Gasteiger partial charge on any atom is 0.289 e. The Morgan fingerprint density at radius 2 is 1.73 bits per heavy atom. The van der Waals surface area contributed by atoms with Gasteiger partial charge in [-0.15, -0.1) is 0 Å². The summed E-state index contributed by atoms with van der Waals surface area (Å²) in [5.74, 6) is -1.00. The first-order valence-corrected chi connectivity index (χ1v) is 10.3. The lowest BCUT2D eigenvalue weighted by Crippen LogP contribution is -2.11. The van der Waals surface area contributed by atoms with Crippen LogP contribution in [0.5, 0.6) is 11.5 Å². The van der Waals surface area contributed by atoms with E-state index in [0.29, 0.717) is 36.3 Å². The third kappa shape index (κ3) is 4.38. The molecular formula is C24H19F2N5O2. The fourth-order valence-electron chi connectivity index (χ4n) is 3.44. The van der Waals surface area contributed by atoms with Gasteiger partial charge in [0, 0.05) is 16.8 Å². The van der Waals surface area contributed by atoms with Crippen LogP contribution in [0, 0.1) is 18.6 Å². The van der Waals surface area contributed by atoms with Crippen molar-refractivity contribution < 1.29 is 18.3 Å². The van der Waals surface area contributed by atoms with Crippen molar-refractivity contribution in [1.82, 2.24) is 9.97 Å². The van der Waals surface area contributed by atoms with Crippen molar-refractivity contribution >= 4 is 34.1 Å². The second kappa shape index (κ2) is 8.70. The van der Waals surface area contributed by atoms with E-state index in [1.807, 2.05) is 24.3 Å². The van der Waals surface area contributed by atoms with Crippen molar-refractivity contribution in [3.63, 3.8) is 0 Å². The predicted octanol–water partition coefficient (Wildman–Crippen LogP) is 5.55. The van der Waals surface area contributed by atoms with Gasteiger partial charge in [0.15, 0.2) is 17.4 Å². The Kier molecular flexibility index (Phi) is 5.43. The number of para-hydroxylation sites is 1. The molecule has 1 aliphatic heterocycles. The van der Waals surface area contributed by atoms with Gasteiger partial charge in [-0.2, -0.15) is 0 Å². The van der Waals surface area contributed by atoms with Gasteiger partial charge in [-0.1, -0.05) is 6.07 Å². The van der Waals surface area contributed by atoms with Crippen LogP contribution in [0.3, 0.4) is 0 Å². The molecule has 2 heterocycles. The van der Waals surface area contributed by atoms with E-state index < -0.39 is 17.4 Å². The average Bonchev–Trinajstić information content (AvgIpc) is 3.31. The molecule has 4 aromatic rings. The first kappa shape index (κ1) is 20.6. The molecule has 3 aromatic carbocycles. The zero-order valence-corrected chi connectivity index (χ0v) is 17.6. The molecule has 0 spiro atoms. The zero-order valence-electron chi connectivity index (χ0n) is 17.6. The Labute approximate surface area is 188 Å². The van der Waals surface area contributed by atoms with E-state index in [1.165, 1.54) is 12.4 Å². The largest absolute Gasteiger partial charge is 0.463 e. The predicted molar refractivity (Wildman–Crippen MR) is 122 cm³/mol. The lowest BCUT2D eigenvalue weighted by Gasteiger charge is -2.13. The van der Waals surface area contributed by atoms with Crippen molar-refractivity contribution in [2.24, 2.45) is 4.99 Å². The van der Waals surface area contributed by atoms with Crippen LogP contribution in [0.15, 0.2) is 65.9 Å². The number of hydrogen-bond acceptors (Lipinski definition) is 7. The molecule has 0 aliphatic carbocycles. The highest BCUT2D eigenvalue weighted by atomic mass is 19.1. The molecule has 0 bridgehead atoms. The van der Waals surface area contributed by atoms with Gasteiger partial charge < -0.3 is 20.1 Å². The van der Waals surface area contributed by atoms with E-state index in [4.69, 9.17) is 9.47 Å². The summed E-state index contributed by atoms with van der Waals surface area (Å²) in [6.45, 7) is 2.99. The van der Waals surface area contributed by atoms with Crippen LogP contribution in [0.4, 0.5) is 26.0 Å². The molecule has 7 nitrogen and oxygen atoms in total. The van der Waals surface area contributed by atoms with Gasteiger partial charge in [0.05, 0.1) is 12.1 Å². The van der Waals surface area contributed by atoms with E-state index in [0.717, 1.165) is 34.4 Å². The van der Waals surface area contributed by atoms with Gasteiger partial charge in [-0.3, -0.25) is 0 Å². The van der Waals surface area contributed by atoms with E-state index >= 15 is 0 Å². The average molecular weight is 447 g/mol. The summed E-state index contributed by atoms with van der Waals surface area (Å²) in [7, 11) is 0. The number of ether oxygens (including phenoxy) is 2. The van der Waals surface area contributed by atoms with Gasteiger partial charge in [0.1, 0.15) is 24.5 Å². The van der Waals surface area contributed by atoms with Crippen molar-refractivity contribution in [3.05, 3.63) is 78.1 Å². The van der Waals surface area contributed by atoms with Crippen LogP contribution in [0.25, 0.3) is 10.9 Å². The first-order valence-electron chi connectivity index (χ1n) is 10.3. The Balaban J connectivity index is 1.40. The summed E-state index contributed by atoms with van der Waals surface area (Å²) < 4.78 is 38.8. The number of anilines is 3. The highest BCUT2D eigenvalue weighted by molar-refractivity contribution is 5.97. The number of aromatic nitrogens is 2. The number of halogens is 2. The second-order valence-electron chi connectivity index (χ2n) is 7.37. The Morgan fingerprint density at radius 3 is 2.48 bits per heavy atom. The monoisotopic (exact) mass is 447 g/mol. The van der Waals surface area contributed by atoms with E-state index in [9.17, 15) is 8.78 Å². The van der Waals surface area contributed by atoms with E-state index in [1.54, 1.807) is 19.1 Å². The minimum atomic E-state index is -0.762. The fourth-order valence-corrected chi connectivity index (χ4v) is 3.44. The first-order chi connectivity index (χ1) is 16.1. The summed E-state index contributed by atoms with van der Waals surface area (Å²) in [4.78, 5) is 12.9. The summed E-state index contributed by atoms with van der Waals surface area (Å²) >= 11 is 0. The van der Waals surface area contributed by atoms with Crippen molar-refractivity contribution in [2.75, 3.05) is 23.8 Å². The molecule has 0 amide bonds. The minimum absolute atomic E-state index is 0.348. The Hall–Kier alpha value is -4.27. The van der Waals surface area contributed by atoms with Crippen LogP contribution in [0.1, 0.15) is 5.56 Å². The third-order valence-electron chi connectivity index (χ3n) is 5.04. The molecule has 1 aliphatic rings. The molecule has 0 saturated heterocycles. The topological polar surface area (TPSA) is 80.7 Å². The van der Waals surface area contributed by atoms with Crippen molar-refractivity contribution in [1.29, 1.82) is 0 Å². The number of nitrogens with one attached hydrogen (secondary N) is 2. The van der Waals surface area contributed by atoms with Crippen molar-refractivity contribution in [2.45, 2.75) is 6.92 Å². The smallest absolute Gasteiger partial charge is 0.289 e. The standard InChI is InChI=1S/C24H19F2N5O2/c1-14-11-15(6-8-21(14)33-22-18(25)3-2-4-19(22)26)30-23-17-12-16(31-24-27-9-10-32-24)5-7-20(17)28-13-29-23/h2-8,11-13H,9-10H2,1H3,(H,27,31)(H,28,29,30). The summed E-state index contributed by atoms with van der Waals surface area (Å²) in [6, 6.07) is 15.0. The molecule has 9 heteroatoms. The molecule has 33 heavy (non-hydrogen) atoms. The Bertz CT molecular complexity index is 1360. The number of aryl methyl sites for hydroxylation is 1. The van der Waals surface area contributed by atoms with Gasteiger partial charge >= 0.3 is 0 Å². The molecule has 0 unspecified atom stereocenters. The molecule has 0 fully saturated rings. The molecular weight excluding hydrogens is 428 g/mol. The van der Waals surface area contributed by atoms with Crippen LogP contribution in [-0.2, 0) is 4.74 Å². The maximum absolute atomic E-state index is 13.9. The quantitative estimate of drug-likeness (QED) is 0.418. The molecule has 166 valence electrons. The van der Waals surface area contributed by atoms with E-state index in [2.05, 4.69) is 25.6 Å². The number of fused-ring (bicyclic) bond motifs is 1. The number of nitrogens with zero attached hydrogens (tertiary/aromatic N) is 3. The second-order valence-corrected chi connectivity index (χ2v) is 7.37. The molecule has 0 atom stereocenters. The molecule has 2 N–H and O–H groups in total. The number of amidine groups is 1. The normalized spacial score (nSPS) is 12.9. The lowest BCUT2D eigenvalue weighted by atomic mass is 10.1. The molecule has 0 radical (unpaired) electrons. The van der Waals surface area contributed by atoms with Crippen LogP contribution in [-0.4, -0.2) is 29.1 Å². The SMILES string of the molecule is Cc1cc(Nc2ncnc3ccc(NC4=NCCO4)cc23)ccc1Oc1c(F)cccc1F. The molecule has 5 rings (SSSR count). The molecule has 0 saturated carbocycles. The highest BCUT2D eigenvalue weighted by Crippen LogP contribution is 2.32. The van der Waals surface area contributed by atoms with Crippen LogP contribution < -0.4 is 15.4 Å². The zero-order chi connectivity index (χ0) is 22.8. The lowest BCUT2D eigenvalue weighted by molar-refractivity contribution is 0.346. The summed E-state index contributed by atoms with van der Waals surface area (Å²) in [5.41, 5.74) is 2.99. The fraction of sp³-hybridized carbons (Fsp3) is 0.125. The van der Waals surface area contributed by atoms with Gasteiger partial charge in [-0.05, 0) is 61.0 Å². The van der Waals surface area contributed by atoms with Crippen LogP contribution >= 0.6 is 0 Å². The van der Waals surface area contributed by atoms with E-state index in [-0.39, 0.29) is 0 Å². The third-order valence-corrected chi connectivity index (χ3v) is 5.04. The van der Waals surface area contributed by atoms with Gasteiger partial charge in [-0.25, -0.2) is 23.7 Å². The summed E-state index contributed by atoms with van der Waals surface area (Å²) in [5, 5.41) is 7.22.